The summed E-state index contributed by atoms with van der Waals surface area (Å²) in [7, 11) is 0. The molecule has 1 saturated heterocycles. The number of hydrogen-bond donors (Lipinski definition) is 2. The van der Waals surface area contributed by atoms with E-state index in [4.69, 9.17) is 10.5 Å². The zero-order chi connectivity index (χ0) is 16.8. The van der Waals surface area contributed by atoms with E-state index in [1.165, 1.54) is 5.69 Å². The molecule has 0 radical (unpaired) electrons. The number of nitrogens with two attached hydrogens (primary N) is 1. The summed E-state index contributed by atoms with van der Waals surface area (Å²) >= 11 is 0. The molecular formula is C19H25N3O2. The monoisotopic (exact) mass is 327 g/mol. The average Bonchev–Trinajstić information content (AvgIpc) is 2.63. The molecule has 0 saturated carbocycles. The van der Waals surface area contributed by atoms with Gasteiger partial charge in [0.05, 0.1) is 0 Å². The predicted molar refractivity (Wildman–Crippen MR) is 97.5 cm³/mol. The number of hydrogen-bond acceptors (Lipinski definition) is 5. The first-order chi connectivity index (χ1) is 11.7. The third kappa shape index (κ3) is 4.63. The SMILES string of the molecule is Nc1ccc(OCC(O)CN2CCN(c3ccccc3)CC2)cc1. The highest BCUT2D eigenvalue weighted by Crippen LogP contribution is 2.16. The zero-order valence-corrected chi connectivity index (χ0v) is 13.8. The van der Waals surface area contributed by atoms with Gasteiger partial charge in [0.2, 0.25) is 0 Å². The maximum absolute atomic E-state index is 10.2. The number of piperazine rings is 1. The normalized spacial score (nSPS) is 16.8. The van der Waals surface area contributed by atoms with E-state index in [0.717, 1.165) is 31.9 Å². The fourth-order valence-electron chi connectivity index (χ4n) is 2.93. The standard InChI is InChI=1S/C19H25N3O2/c20-16-6-8-19(9-7-16)24-15-18(23)14-21-10-12-22(13-11-21)17-4-2-1-3-5-17/h1-9,18,23H,10-15,20H2. The highest BCUT2D eigenvalue weighted by molar-refractivity contribution is 5.46. The Morgan fingerprint density at radius 1 is 0.958 bits per heavy atom. The summed E-state index contributed by atoms with van der Waals surface area (Å²) in [6, 6.07) is 17.7. The Labute approximate surface area is 143 Å². The smallest absolute Gasteiger partial charge is 0.119 e. The number of rotatable bonds is 6. The largest absolute Gasteiger partial charge is 0.491 e. The molecule has 0 aromatic heterocycles. The molecule has 2 aromatic carbocycles. The maximum Gasteiger partial charge on any atom is 0.119 e. The van der Waals surface area contributed by atoms with Gasteiger partial charge in [0.1, 0.15) is 18.5 Å². The van der Waals surface area contributed by atoms with Crippen LogP contribution in [0.25, 0.3) is 0 Å². The van der Waals surface area contributed by atoms with Crippen LogP contribution in [0.15, 0.2) is 54.6 Å². The lowest BCUT2D eigenvalue weighted by molar-refractivity contribution is 0.0663. The molecule has 0 spiro atoms. The molecule has 5 heteroatoms. The van der Waals surface area contributed by atoms with Crippen molar-refractivity contribution in [1.29, 1.82) is 0 Å². The number of β-amino-alcohol motifs (C(OH)–C–C–N with tert-alkyl or cyclic N) is 1. The number of nitrogens with zero attached hydrogens (tertiary/aromatic N) is 2. The maximum atomic E-state index is 10.2. The molecule has 1 unspecified atom stereocenters. The number of nitrogen functional groups attached to an aromatic ring is 1. The summed E-state index contributed by atoms with van der Waals surface area (Å²) in [5.74, 6) is 0.733. The van der Waals surface area contributed by atoms with Gasteiger partial charge in [0.15, 0.2) is 0 Å². The first-order valence-electron chi connectivity index (χ1n) is 8.39. The van der Waals surface area contributed by atoms with E-state index in [-0.39, 0.29) is 0 Å². The molecule has 2 aromatic rings. The highest BCUT2D eigenvalue weighted by Gasteiger charge is 2.19. The minimum Gasteiger partial charge on any atom is -0.491 e. The Morgan fingerprint density at radius 3 is 2.29 bits per heavy atom. The lowest BCUT2D eigenvalue weighted by Crippen LogP contribution is -2.49. The van der Waals surface area contributed by atoms with E-state index < -0.39 is 6.10 Å². The van der Waals surface area contributed by atoms with Crippen molar-refractivity contribution >= 4 is 11.4 Å². The van der Waals surface area contributed by atoms with Gasteiger partial charge in [-0.2, -0.15) is 0 Å². The highest BCUT2D eigenvalue weighted by atomic mass is 16.5. The van der Waals surface area contributed by atoms with E-state index in [0.29, 0.717) is 18.8 Å². The van der Waals surface area contributed by atoms with Crippen molar-refractivity contribution < 1.29 is 9.84 Å². The fraction of sp³-hybridized carbons (Fsp3) is 0.368. The first-order valence-corrected chi connectivity index (χ1v) is 8.39. The van der Waals surface area contributed by atoms with Crippen LogP contribution in [0.3, 0.4) is 0 Å². The third-order valence-electron chi connectivity index (χ3n) is 4.29. The predicted octanol–water partition coefficient (Wildman–Crippen LogP) is 1.83. The molecule has 1 aliphatic heterocycles. The van der Waals surface area contributed by atoms with Crippen molar-refractivity contribution in [1.82, 2.24) is 4.90 Å². The van der Waals surface area contributed by atoms with Gasteiger partial charge in [-0.05, 0) is 36.4 Å². The summed E-state index contributed by atoms with van der Waals surface area (Å²) in [5.41, 5.74) is 7.62. The topological polar surface area (TPSA) is 62.0 Å². The van der Waals surface area contributed by atoms with Crippen LogP contribution in [0, 0.1) is 0 Å². The Bertz CT molecular complexity index is 610. The quantitative estimate of drug-likeness (QED) is 0.793. The van der Waals surface area contributed by atoms with Crippen molar-refractivity contribution in [2.75, 3.05) is 50.0 Å². The van der Waals surface area contributed by atoms with Crippen LogP contribution in [0.1, 0.15) is 0 Å². The van der Waals surface area contributed by atoms with Crippen molar-refractivity contribution in [3.63, 3.8) is 0 Å². The molecule has 0 amide bonds. The minimum atomic E-state index is -0.495. The molecule has 0 bridgehead atoms. The molecule has 1 aliphatic rings. The number of aliphatic hydroxyl groups excluding tert-OH is 1. The van der Waals surface area contributed by atoms with Crippen LogP contribution in [0.2, 0.25) is 0 Å². The molecule has 1 heterocycles. The molecular weight excluding hydrogens is 302 g/mol. The number of aliphatic hydroxyl groups is 1. The molecule has 24 heavy (non-hydrogen) atoms. The lowest BCUT2D eigenvalue weighted by Gasteiger charge is -2.36. The molecule has 3 N–H and O–H groups in total. The third-order valence-corrected chi connectivity index (χ3v) is 4.29. The summed E-state index contributed by atoms with van der Waals surface area (Å²) in [6.07, 6.45) is -0.495. The van der Waals surface area contributed by atoms with E-state index in [2.05, 4.69) is 34.1 Å². The summed E-state index contributed by atoms with van der Waals surface area (Å²) < 4.78 is 5.61. The molecule has 128 valence electrons. The number of anilines is 2. The molecule has 1 atom stereocenters. The number of para-hydroxylation sites is 1. The van der Waals surface area contributed by atoms with Gasteiger partial charge in [0.25, 0.3) is 0 Å². The Hall–Kier alpha value is -2.24. The van der Waals surface area contributed by atoms with Crippen LogP contribution in [-0.2, 0) is 0 Å². The van der Waals surface area contributed by atoms with Gasteiger partial charge in [-0.15, -0.1) is 0 Å². The molecule has 3 rings (SSSR count). The molecule has 5 nitrogen and oxygen atoms in total. The Morgan fingerprint density at radius 2 is 1.62 bits per heavy atom. The fourth-order valence-corrected chi connectivity index (χ4v) is 2.93. The summed E-state index contributed by atoms with van der Waals surface area (Å²) in [4.78, 5) is 4.67. The van der Waals surface area contributed by atoms with Crippen molar-refractivity contribution in [2.24, 2.45) is 0 Å². The van der Waals surface area contributed by atoms with Crippen molar-refractivity contribution in [3.8, 4) is 5.75 Å². The van der Waals surface area contributed by atoms with E-state index in [1.54, 1.807) is 12.1 Å². The number of ether oxygens (including phenoxy) is 1. The van der Waals surface area contributed by atoms with Gasteiger partial charge in [0, 0.05) is 44.1 Å². The second kappa shape index (κ2) is 8.04. The zero-order valence-electron chi connectivity index (χ0n) is 13.8. The van der Waals surface area contributed by atoms with Gasteiger partial charge in [-0.25, -0.2) is 0 Å². The van der Waals surface area contributed by atoms with E-state index >= 15 is 0 Å². The Kier molecular flexibility index (Phi) is 5.56. The average molecular weight is 327 g/mol. The van der Waals surface area contributed by atoms with Crippen LogP contribution < -0.4 is 15.4 Å². The minimum absolute atomic E-state index is 0.294. The van der Waals surface area contributed by atoms with Gasteiger partial charge < -0.3 is 20.5 Å². The lowest BCUT2D eigenvalue weighted by atomic mass is 10.2. The van der Waals surface area contributed by atoms with E-state index in [1.807, 2.05) is 18.2 Å². The first kappa shape index (κ1) is 16.6. The van der Waals surface area contributed by atoms with Crippen molar-refractivity contribution in [3.05, 3.63) is 54.6 Å². The van der Waals surface area contributed by atoms with Crippen LogP contribution in [-0.4, -0.2) is 55.4 Å². The second-order valence-corrected chi connectivity index (χ2v) is 6.16. The van der Waals surface area contributed by atoms with Gasteiger partial charge in [-0.1, -0.05) is 18.2 Å². The number of benzene rings is 2. The van der Waals surface area contributed by atoms with Gasteiger partial charge in [-0.3, -0.25) is 4.90 Å². The second-order valence-electron chi connectivity index (χ2n) is 6.16. The van der Waals surface area contributed by atoms with Gasteiger partial charge >= 0.3 is 0 Å². The van der Waals surface area contributed by atoms with Crippen LogP contribution >= 0.6 is 0 Å². The van der Waals surface area contributed by atoms with Crippen molar-refractivity contribution in [2.45, 2.75) is 6.10 Å². The summed E-state index contributed by atoms with van der Waals surface area (Å²) in [6.45, 7) is 4.80. The Balaban J connectivity index is 1.40. The van der Waals surface area contributed by atoms with Crippen LogP contribution in [0.5, 0.6) is 5.75 Å². The van der Waals surface area contributed by atoms with E-state index in [9.17, 15) is 5.11 Å². The molecule has 0 aliphatic carbocycles. The summed E-state index contributed by atoms with van der Waals surface area (Å²) in [5, 5.41) is 10.2. The molecule has 1 fully saturated rings. The van der Waals surface area contributed by atoms with Crippen LogP contribution in [0.4, 0.5) is 11.4 Å².